The van der Waals surface area contributed by atoms with Crippen molar-refractivity contribution in [3.63, 3.8) is 0 Å². The zero-order chi connectivity index (χ0) is 18.1. The van der Waals surface area contributed by atoms with Gasteiger partial charge in [0.2, 0.25) is 0 Å². The highest BCUT2D eigenvalue weighted by Gasteiger charge is 2.29. The number of benzene rings is 1. The fourth-order valence-corrected chi connectivity index (χ4v) is 4.62. The molecule has 26 heavy (non-hydrogen) atoms. The van der Waals surface area contributed by atoms with Crippen LogP contribution in [0.1, 0.15) is 29.5 Å². The molecule has 0 saturated carbocycles. The number of rotatable bonds is 2. The summed E-state index contributed by atoms with van der Waals surface area (Å²) in [5.74, 6) is 0.901. The first kappa shape index (κ1) is 17.1. The standard InChI is InChI=1S/C20H23N5S/c1-14-3-4-16(11-15(14)12-21)23-19-18-7-10-26-20(18)25(13-22-19)17-5-8-24(2)9-6-17/h3-4,7,10-11,17H,5-6,8-9,13H2,1-2H3,(H,22,23). The summed E-state index contributed by atoms with van der Waals surface area (Å²) in [7, 11) is 2.19. The van der Waals surface area contributed by atoms with Crippen molar-refractivity contribution in [2.24, 2.45) is 4.99 Å². The molecule has 134 valence electrons. The summed E-state index contributed by atoms with van der Waals surface area (Å²) in [6.45, 7) is 4.95. The fraction of sp³-hybridized carbons (Fsp3) is 0.400. The van der Waals surface area contributed by atoms with Gasteiger partial charge in [-0.3, -0.25) is 0 Å². The molecule has 1 N–H and O–H groups in total. The van der Waals surface area contributed by atoms with Crippen molar-refractivity contribution in [2.75, 3.05) is 37.0 Å². The lowest BCUT2D eigenvalue weighted by Crippen LogP contribution is -2.45. The molecule has 0 atom stereocenters. The van der Waals surface area contributed by atoms with Crippen LogP contribution in [0.2, 0.25) is 0 Å². The van der Waals surface area contributed by atoms with Crippen molar-refractivity contribution in [1.82, 2.24) is 4.90 Å². The number of nitriles is 1. The van der Waals surface area contributed by atoms with E-state index in [1.54, 1.807) is 11.3 Å². The van der Waals surface area contributed by atoms with E-state index in [0.717, 1.165) is 30.2 Å². The Morgan fingerprint density at radius 3 is 2.85 bits per heavy atom. The van der Waals surface area contributed by atoms with Crippen molar-refractivity contribution < 1.29 is 0 Å². The first-order valence-electron chi connectivity index (χ1n) is 9.01. The normalized spacial score (nSPS) is 18.2. The molecule has 0 aliphatic carbocycles. The van der Waals surface area contributed by atoms with Crippen LogP contribution in [0, 0.1) is 18.3 Å². The van der Waals surface area contributed by atoms with Crippen molar-refractivity contribution >= 4 is 27.9 Å². The summed E-state index contributed by atoms with van der Waals surface area (Å²) in [5, 5.41) is 16.1. The molecule has 5 nitrogen and oxygen atoms in total. The number of anilines is 2. The number of piperidine rings is 1. The quantitative estimate of drug-likeness (QED) is 0.882. The maximum absolute atomic E-state index is 9.25. The van der Waals surface area contributed by atoms with Gasteiger partial charge in [0, 0.05) is 11.7 Å². The summed E-state index contributed by atoms with van der Waals surface area (Å²) >= 11 is 1.79. The minimum Gasteiger partial charge on any atom is -0.340 e. The van der Waals surface area contributed by atoms with E-state index in [1.165, 1.54) is 23.4 Å². The predicted octanol–water partition coefficient (Wildman–Crippen LogP) is 3.66. The van der Waals surface area contributed by atoms with E-state index in [0.29, 0.717) is 18.3 Å². The smallest absolute Gasteiger partial charge is 0.137 e. The molecule has 0 amide bonds. The third kappa shape index (κ3) is 3.20. The molecular weight excluding hydrogens is 342 g/mol. The van der Waals surface area contributed by atoms with Crippen molar-refractivity contribution in [1.29, 1.82) is 5.26 Å². The van der Waals surface area contributed by atoms with Gasteiger partial charge in [-0.25, -0.2) is 4.99 Å². The predicted molar refractivity (Wildman–Crippen MR) is 108 cm³/mol. The Kier molecular flexibility index (Phi) is 4.66. The molecule has 1 aromatic carbocycles. The second kappa shape index (κ2) is 7.10. The lowest BCUT2D eigenvalue weighted by Gasteiger charge is -2.39. The Balaban J connectivity index is 1.56. The second-order valence-corrected chi connectivity index (χ2v) is 7.95. The summed E-state index contributed by atoms with van der Waals surface area (Å²) in [4.78, 5) is 9.70. The first-order chi connectivity index (χ1) is 12.7. The number of aryl methyl sites for hydroxylation is 1. The van der Waals surface area contributed by atoms with E-state index in [1.807, 2.05) is 25.1 Å². The van der Waals surface area contributed by atoms with Gasteiger partial charge in [-0.2, -0.15) is 5.26 Å². The van der Waals surface area contributed by atoms with Crippen LogP contribution in [0.25, 0.3) is 0 Å². The molecule has 0 unspecified atom stereocenters. The molecule has 3 heterocycles. The molecule has 1 aromatic heterocycles. The largest absolute Gasteiger partial charge is 0.340 e. The molecular formula is C20H23N5S. The van der Waals surface area contributed by atoms with Gasteiger partial charge in [0.1, 0.15) is 17.5 Å². The van der Waals surface area contributed by atoms with Gasteiger partial charge in [0.25, 0.3) is 0 Å². The van der Waals surface area contributed by atoms with Crippen LogP contribution < -0.4 is 10.2 Å². The van der Waals surface area contributed by atoms with Gasteiger partial charge in [-0.15, -0.1) is 11.3 Å². The van der Waals surface area contributed by atoms with Gasteiger partial charge in [0.05, 0.1) is 17.2 Å². The van der Waals surface area contributed by atoms with E-state index in [9.17, 15) is 5.26 Å². The number of likely N-dealkylation sites (tertiary alicyclic amines) is 1. The summed E-state index contributed by atoms with van der Waals surface area (Å²) in [6.07, 6.45) is 2.38. The number of hydrogen-bond acceptors (Lipinski definition) is 6. The number of aliphatic imine (C=N–C) groups is 1. The Bertz CT molecular complexity index is 871. The van der Waals surface area contributed by atoms with Crippen LogP contribution >= 0.6 is 11.3 Å². The van der Waals surface area contributed by atoms with Crippen LogP contribution in [0.5, 0.6) is 0 Å². The number of thiophene rings is 1. The molecule has 0 radical (unpaired) electrons. The second-order valence-electron chi connectivity index (χ2n) is 7.06. The van der Waals surface area contributed by atoms with Crippen LogP contribution in [0.15, 0.2) is 34.6 Å². The van der Waals surface area contributed by atoms with Crippen molar-refractivity contribution in [3.05, 3.63) is 46.3 Å². The highest BCUT2D eigenvalue weighted by molar-refractivity contribution is 7.14. The summed E-state index contributed by atoms with van der Waals surface area (Å²) in [5.41, 5.74) is 3.77. The molecule has 1 fully saturated rings. The number of fused-ring (bicyclic) bond motifs is 1. The van der Waals surface area contributed by atoms with Crippen LogP contribution in [-0.2, 0) is 0 Å². The minimum atomic E-state index is 0.568. The zero-order valence-electron chi connectivity index (χ0n) is 15.2. The van der Waals surface area contributed by atoms with Gasteiger partial charge in [0.15, 0.2) is 0 Å². The Labute approximate surface area is 158 Å². The minimum absolute atomic E-state index is 0.568. The van der Waals surface area contributed by atoms with Crippen molar-refractivity contribution in [3.8, 4) is 6.07 Å². The average Bonchev–Trinajstić information content (AvgIpc) is 3.15. The van der Waals surface area contributed by atoms with Gasteiger partial charge < -0.3 is 15.1 Å². The van der Waals surface area contributed by atoms with E-state index in [2.05, 4.69) is 39.7 Å². The molecule has 2 aliphatic rings. The topological polar surface area (TPSA) is 54.7 Å². The molecule has 0 spiro atoms. The Hall–Kier alpha value is -2.36. The highest BCUT2D eigenvalue weighted by atomic mass is 32.1. The van der Waals surface area contributed by atoms with Crippen LogP contribution in [-0.4, -0.2) is 43.6 Å². The van der Waals surface area contributed by atoms with Crippen LogP contribution in [0.4, 0.5) is 10.7 Å². The monoisotopic (exact) mass is 365 g/mol. The number of nitrogens with zero attached hydrogens (tertiary/aromatic N) is 4. The lowest BCUT2D eigenvalue weighted by molar-refractivity contribution is 0.250. The Morgan fingerprint density at radius 1 is 1.27 bits per heavy atom. The molecule has 4 rings (SSSR count). The maximum atomic E-state index is 9.25. The average molecular weight is 366 g/mol. The number of nitrogens with one attached hydrogen (secondary N) is 1. The molecule has 6 heteroatoms. The lowest BCUT2D eigenvalue weighted by atomic mass is 10.0. The third-order valence-corrected chi connectivity index (χ3v) is 6.24. The van der Waals surface area contributed by atoms with E-state index >= 15 is 0 Å². The molecule has 2 aliphatic heterocycles. The summed E-state index contributed by atoms with van der Waals surface area (Å²) < 4.78 is 0. The first-order valence-corrected chi connectivity index (χ1v) is 9.89. The van der Waals surface area contributed by atoms with E-state index in [-0.39, 0.29) is 0 Å². The fourth-order valence-electron chi connectivity index (χ4n) is 3.65. The molecule has 1 saturated heterocycles. The maximum Gasteiger partial charge on any atom is 0.137 e. The number of amidine groups is 1. The highest BCUT2D eigenvalue weighted by Crippen LogP contribution is 2.35. The van der Waals surface area contributed by atoms with E-state index in [4.69, 9.17) is 4.99 Å². The zero-order valence-corrected chi connectivity index (χ0v) is 16.0. The molecule has 2 aromatic rings. The summed E-state index contributed by atoms with van der Waals surface area (Å²) in [6, 6.07) is 10.8. The molecule has 0 bridgehead atoms. The van der Waals surface area contributed by atoms with Crippen LogP contribution in [0.3, 0.4) is 0 Å². The third-order valence-electron chi connectivity index (χ3n) is 5.29. The van der Waals surface area contributed by atoms with Gasteiger partial charge in [-0.1, -0.05) is 6.07 Å². The number of hydrogen-bond donors (Lipinski definition) is 1. The van der Waals surface area contributed by atoms with Gasteiger partial charge in [-0.05, 0) is 69.0 Å². The SMILES string of the molecule is Cc1ccc(NC2=NCN(C3CCN(C)CC3)c3sccc32)cc1C#N. The van der Waals surface area contributed by atoms with Gasteiger partial charge >= 0.3 is 0 Å². The van der Waals surface area contributed by atoms with E-state index < -0.39 is 0 Å². The Morgan fingerprint density at radius 2 is 2.08 bits per heavy atom. The van der Waals surface area contributed by atoms with Crippen molar-refractivity contribution in [2.45, 2.75) is 25.8 Å².